The van der Waals surface area contributed by atoms with Gasteiger partial charge in [-0.25, -0.2) is 4.98 Å². The molecule has 0 spiro atoms. The molecule has 0 saturated heterocycles. The molecule has 2 N–H and O–H groups in total. The maximum atomic E-state index is 13.2. The molecular weight excluding hydrogens is 368 g/mol. The monoisotopic (exact) mass is 386 g/mol. The van der Waals surface area contributed by atoms with Crippen molar-refractivity contribution in [2.45, 2.75) is 6.92 Å². The van der Waals surface area contributed by atoms with Gasteiger partial charge < -0.3 is 5.32 Å². The summed E-state index contributed by atoms with van der Waals surface area (Å²) in [5, 5.41) is 3.98. The maximum Gasteiger partial charge on any atom is 0.280 e. The highest BCUT2D eigenvalue weighted by atomic mass is 32.1. The predicted octanol–water partition coefficient (Wildman–Crippen LogP) is 4.31. The zero-order valence-electron chi connectivity index (χ0n) is 15.2. The Morgan fingerprint density at radius 1 is 0.929 bits per heavy atom. The molecule has 0 bridgehead atoms. The van der Waals surface area contributed by atoms with E-state index >= 15 is 0 Å². The summed E-state index contributed by atoms with van der Waals surface area (Å²) in [5.41, 5.74) is 6.19. The first kappa shape index (κ1) is 17.9. The molecule has 138 valence electrons. The van der Waals surface area contributed by atoms with Crippen molar-refractivity contribution < 1.29 is 0 Å². The summed E-state index contributed by atoms with van der Waals surface area (Å²) in [7, 11) is 0. The molecule has 0 aliphatic rings. The van der Waals surface area contributed by atoms with Crippen molar-refractivity contribution in [2.24, 2.45) is 0 Å². The lowest BCUT2D eigenvalue weighted by Gasteiger charge is -2.17. The summed E-state index contributed by atoms with van der Waals surface area (Å²) in [6.45, 7) is 1.99. The van der Waals surface area contributed by atoms with Gasteiger partial charge in [0, 0.05) is 11.3 Å². The molecule has 0 fully saturated rings. The highest BCUT2D eigenvalue weighted by Crippen LogP contribution is 2.18. The minimum atomic E-state index is -0.210. The van der Waals surface area contributed by atoms with Crippen LogP contribution in [0.3, 0.4) is 0 Å². The van der Waals surface area contributed by atoms with Crippen LogP contribution in [0, 0.1) is 6.92 Å². The Morgan fingerprint density at radius 3 is 2.39 bits per heavy atom. The summed E-state index contributed by atoms with van der Waals surface area (Å²) in [4.78, 5) is 17.8. The van der Waals surface area contributed by atoms with Crippen LogP contribution in [0.15, 0.2) is 83.7 Å². The molecule has 0 unspecified atom stereocenters. The Morgan fingerprint density at radius 2 is 1.61 bits per heavy atom. The third-order valence-corrected chi connectivity index (χ3v) is 4.61. The van der Waals surface area contributed by atoms with Crippen LogP contribution in [0.2, 0.25) is 0 Å². The van der Waals surface area contributed by atoms with Crippen molar-refractivity contribution in [3.63, 3.8) is 0 Å². The fraction of sp³-hybridized carbons (Fsp3) is 0.0455. The third kappa shape index (κ3) is 3.50. The van der Waals surface area contributed by atoms with Crippen molar-refractivity contribution in [1.29, 1.82) is 0 Å². The highest BCUT2D eigenvalue weighted by Gasteiger charge is 2.14. The fourth-order valence-electron chi connectivity index (χ4n) is 2.98. The van der Waals surface area contributed by atoms with Gasteiger partial charge in [0.1, 0.15) is 0 Å². The predicted molar refractivity (Wildman–Crippen MR) is 118 cm³/mol. The number of fused-ring (bicyclic) bond motifs is 1. The number of rotatable bonds is 3. The van der Waals surface area contributed by atoms with Crippen LogP contribution in [-0.2, 0) is 0 Å². The molecule has 4 aromatic rings. The van der Waals surface area contributed by atoms with Crippen molar-refractivity contribution in [3.05, 3.63) is 94.8 Å². The fourth-order valence-corrected chi connectivity index (χ4v) is 3.18. The smallest absolute Gasteiger partial charge is 0.280 e. The molecule has 0 aliphatic heterocycles. The standard InChI is InChI=1S/C22H18N4OS/c1-15-9-5-7-13-18(15)24-22(28)25-26-20(16-10-3-2-4-11-16)23-19-14-8-6-12-17(19)21(26)27/h2-14H,1H3,(H2,24,25,28). The summed E-state index contributed by atoms with van der Waals surface area (Å²) in [5.74, 6) is 0.498. The van der Waals surface area contributed by atoms with E-state index in [2.05, 4.69) is 10.7 Å². The second-order valence-corrected chi connectivity index (χ2v) is 6.75. The van der Waals surface area contributed by atoms with Crippen LogP contribution in [0.1, 0.15) is 5.56 Å². The molecule has 1 heterocycles. The Labute approximate surface area is 167 Å². The van der Waals surface area contributed by atoms with Crippen molar-refractivity contribution >= 4 is 33.9 Å². The topological polar surface area (TPSA) is 58.9 Å². The molecule has 6 heteroatoms. The van der Waals surface area contributed by atoms with Gasteiger partial charge in [-0.05, 0) is 42.9 Å². The second kappa shape index (κ2) is 7.62. The van der Waals surface area contributed by atoms with Crippen molar-refractivity contribution in [2.75, 3.05) is 10.7 Å². The number of hydrogen-bond acceptors (Lipinski definition) is 3. The number of thiocarbonyl (C=S) groups is 1. The minimum Gasteiger partial charge on any atom is -0.331 e. The van der Waals surface area contributed by atoms with Gasteiger partial charge in [-0.2, -0.15) is 4.68 Å². The largest absolute Gasteiger partial charge is 0.331 e. The van der Waals surface area contributed by atoms with Crippen LogP contribution in [0.5, 0.6) is 0 Å². The molecular formula is C22H18N4OS. The molecule has 0 saturated carbocycles. The SMILES string of the molecule is Cc1ccccc1NC(=S)Nn1c(-c2ccccc2)nc2ccccc2c1=O. The van der Waals surface area contributed by atoms with Gasteiger partial charge in [0.2, 0.25) is 0 Å². The molecule has 0 radical (unpaired) electrons. The first-order chi connectivity index (χ1) is 13.6. The van der Waals surface area contributed by atoms with Gasteiger partial charge in [0.15, 0.2) is 10.9 Å². The average Bonchev–Trinajstić information content (AvgIpc) is 2.72. The summed E-state index contributed by atoms with van der Waals surface area (Å²) in [6.07, 6.45) is 0. The highest BCUT2D eigenvalue weighted by molar-refractivity contribution is 7.80. The van der Waals surface area contributed by atoms with Gasteiger partial charge in [-0.1, -0.05) is 60.7 Å². The lowest BCUT2D eigenvalue weighted by atomic mass is 10.2. The normalized spacial score (nSPS) is 10.6. The second-order valence-electron chi connectivity index (χ2n) is 6.34. The van der Waals surface area contributed by atoms with Crippen LogP contribution in [0.25, 0.3) is 22.3 Å². The number of hydrogen-bond donors (Lipinski definition) is 2. The summed E-state index contributed by atoms with van der Waals surface area (Å²) < 4.78 is 1.39. The Balaban J connectivity index is 1.79. The Hall–Kier alpha value is -3.51. The number of anilines is 1. The lowest BCUT2D eigenvalue weighted by molar-refractivity contribution is 0.909. The summed E-state index contributed by atoms with van der Waals surface area (Å²) in [6, 6.07) is 24.6. The Kier molecular flexibility index (Phi) is 4.87. The van der Waals surface area contributed by atoms with Gasteiger partial charge in [-0.3, -0.25) is 10.2 Å². The van der Waals surface area contributed by atoms with Gasteiger partial charge >= 0.3 is 0 Å². The zero-order chi connectivity index (χ0) is 19.5. The molecule has 0 aliphatic carbocycles. The van der Waals surface area contributed by atoms with Gasteiger partial charge in [0.05, 0.1) is 10.9 Å². The molecule has 0 atom stereocenters. The lowest BCUT2D eigenvalue weighted by Crippen LogP contribution is -2.37. The van der Waals surface area contributed by atoms with E-state index in [1.807, 2.05) is 79.7 Å². The number of para-hydroxylation sites is 2. The average molecular weight is 386 g/mol. The van der Waals surface area contributed by atoms with E-state index in [-0.39, 0.29) is 5.56 Å². The van der Waals surface area contributed by atoms with Crippen LogP contribution < -0.4 is 16.3 Å². The van der Waals surface area contributed by atoms with Crippen molar-refractivity contribution in [1.82, 2.24) is 9.66 Å². The zero-order valence-corrected chi connectivity index (χ0v) is 16.0. The molecule has 1 aromatic heterocycles. The van der Waals surface area contributed by atoms with Crippen molar-refractivity contribution in [3.8, 4) is 11.4 Å². The van der Waals surface area contributed by atoms with E-state index in [1.165, 1.54) is 4.68 Å². The first-order valence-electron chi connectivity index (χ1n) is 8.84. The van der Waals surface area contributed by atoms with Gasteiger partial charge in [0.25, 0.3) is 5.56 Å². The van der Waals surface area contributed by atoms with Gasteiger partial charge in [-0.15, -0.1) is 0 Å². The molecule has 28 heavy (non-hydrogen) atoms. The number of aryl methyl sites for hydroxylation is 1. The molecule has 3 aromatic carbocycles. The Bertz CT molecular complexity index is 1220. The maximum absolute atomic E-state index is 13.2. The van der Waals surface area contributed by atoms with Crippen LogP contribution in [0.4, 0.5) is 5.69 Å². The minimum absolute atomic E-state index is 0.210. The van der Waals surface area contributed by atoms with Crippen LogP contribution in [-0.4, -0.2) is 14.8 Å². The van der Waals surface area contributed by atoms with E-state index in [4.69, 9.17) is 17.2 Å². The molecule has 4 rings (SSSR count). The van der Waals surface area contributed by atoms with Crippen LogP contribution >= 0.6 is 12.2 Å². The van der Waals surface area contributed by atoms with E-state index in [0.717, 1.165) is 16.8 Å². The number of benzene rings is 3. The quantitative estimate of drug-likeness (QED) is 0.514. The molecule has 0 amide bonds. The van der Waals surface area contributed by atoms with E-state index in [0.29, 0.717) is 21.8 Å². The van der Waals surface area contributed by atoms with E-state index in [9.17, 15) is 4.79 Å². The number of nitrogens with zero attached hydrogens (tertiary/aromatic N) is 2. The number of aromatic nitrogens is 2. The number of nitrogens with one attached hydrogen (secondary N) is 2. The third-order valence-electron chi connectivity index (χ3n) is 4.41. The first-order valence-corrected chi connectivity index (χ1v) is 9.25. The summed E-state index contributed by atoms with van der Waals surface area (Å²) >= 11 is 5.46. The van der Waals surface area contributed by atoms with E-state index in [1.54, 1.807) is 6.07 Å². The molecule has 5 nitrogen and oxygen atoms in total. The van der Waals surface area contributed by atoms with E-state index < -0.39 is 0 Å².